The smallest absolute Gasteiger partial charge is 0.324 e. The van der Waals surface area contributed by atoms with Gasteiger partial charge in [0.2, 0.25) is 41.4 Å². The summed E-state index contributed by atoms with van der Waals surface area (Å²) in [5.41, 5.74) is 18.6. The molecule has 10 amide bonds. The number of fused-ring (bicyclic) bond motifs is 1. The summed E-state index contributed by atoms with van der Waals surface area (Å²) >= 11 is 0. The Balaban J connectivity index is 1.78. The molecule has 1 fully saturated rings. The van der Waals surface area contributed by atoms with Crippen LogP contribution in [0.3, 0.4) is 0 Å². The van der Waals surface area contributed by atoms with Crippen molar-refractivity contribution in [2.75, 3.05) is 26.2 Å². The number of carbonyl (C=O) groups excluding carboxylic acids is 9. The lowest BCUT2D eigenvalue weighted by atomic mass is 10.0. The zero-order valence-corrected chi connectivity index (χ0v) is 41.9. The summed E-state index contributed by atoms with van der Waals surface area (Å²) in [7, 11) is 0. The predicted molar refractivity (Wildman–Crippen MR) is 275 cm³/mol. The molecule has 0 spiro atoms. The van der Waals surface area contributed by atoms with Crippen molar-refractivity contribution in [2.45, 2.75) is 127 Å². The molecule has 0 radical (unpaired) electrons. The van der Waals surface area contributed by atoms with Crippen LogP contribution in [0, 0.1) is 10.8 Å². The molecule has 25 heteroatoms. The van der Waals surface area contributed by atoms with Crippen LogP contribution in [0.5, 0.6) is 0 Å². The molecule has 18 N–H and O–H groups in total. The molecule has 1 aliphatic rings. The quantitative estimate of drug-likeness (QED) is 0.0382. The summed E-state index contributed by atoms with van der Waals surface area (Å²) in [4.78, 5) is 129. The van der Waals surface area contributed by atoms with E-state index in [-0.39, 0.29) is 102 Å². The lowest BCUT2D eigenvalue weighted by Crippen LogP contribution is -2.61. The standard InChI is InChI=1S/C49H72N16O9/c1-3-4-25-65-46(73)37(62-42(69)35(59-29(2)66)17-10-23-56-47(51)52)19-12-22-55-40(67)21-20-34(41(50)68)60-45(72)39(27-31-28-58-33-16-9-8-15-32(31)33)63-43(70)36(18-11-24-57-48(53)54)61-44(71)38(64-49(65)74)26-30-13-6-5-7-14-30/h5-9,13-16,28,34-39,58H,3-4,10-12,17-27H2,1-2H3,(H2,50,68)(H,55,67)(H,59,66)(H,60,72)(H,61,71)(H,62,69)(H,63,70)(H,64,74)(H4,51,52,56)(H4,53,54,57)/t34?,35-,36-,37?,38?,39-/m0/s1. The second-order valence-corrected chi connectivity index (χ2v) is 18.0. The average molecular weight is 1030 g/mol. The second-order valence-electron chi connectivity index (χ2n) is 18.0. The number of benzene rings is 2. The number of H-pyrrole nitrogens is 1. The van der Waals surface area contributed by atoms with Crippen LogP contribution in [-0.2, 0) is 51.2 Å². The minimum Gasteiger partial charge on any atom is -0.370 e. The number of hydrogen-bond donors (Lipinski definition) is 15. The highest BCUT2D eigenvalue weighted by atomic mass is 16.2. The van der Waals surface area contributed by atoms with Gasteiger partial charge in [-0.15, -0.1) is 0 Å². The van der Waals surface area contributed by atoms with Gasteiger partial charge in [0.15, 0.2) is 11.9 Å². The highest BCUT2D eigenvalue weighted by Crippen LogP contribution is 2.20. The van der Waals surface area contributed by atoms with E-state index in [1.807, 2.05) is 25.1 Å². The highest BCUT2D eigenvalue weighted by Gasteiger charge is 2.36. The number of rotatable bonds is 19. The molecule has 0 aliphatic carbocycles. The van der Waals surface area contributed by atoms with Crippen LogP contribution in [0.25, 0.3) is 10.9 Å². The molecule has 74 heavy (non-hydrogen) atoms. The third-order valence-corrected chi connectivity index (χ3v) is 12.1. The van der Waals surface area contributed by atoms with Gasteiger partial charge in [-0.2, -0.15) is 0 Å². The van der Waals surface area contributed by atoms with E-state index in [2.05, 4.69) is 52.8 Å². The number of unbranched alkanes of at least 4 members (excludes halogenated alkanes) is 1. The van der Waals surface area contributed by atoms with Crippen LogP contribution in [-0.4, -0.2) is 138 Å². The van der Waals surface area contributed by atoms with Crippen molar-refractivity contribution < 1.29 is 43.2 Å². The third kappa shape index (κ3) is 19.4. The van der Waals surface area contributed by atoms with Crippen molar-refractivity contribution in [1.82, 2.24) is 57.7 Å². The summed E-state index contributed by atoms with van der Waals surface area (Å²) in [5, 5.41) is 39.9. The predicted octanol–water partition coefficient (Wildman–Crippen LogP) is -1.19. The Morgan fingerprint density at radius 3 is 2.08 bits per heavy atom. The van der Waals surface area contributed by atoms with E-state index in [0.29, 0.717) is 24.0 Å². The normalized spacial score (nSPS) is 20.2. The number of carbonyl (C=O) groups is 9. The Bertz CT molecular complexity index is 2450. The molecule has 2 heterocycles. The molecule has 0 saturated carbocycles. The Labute approximate surface area is 429 Å². The number of para-hydroxylation sites is 1. The van der Waals surface area contributed by atoms with Crippen molar-refractivity contribution in [3.8, 4) is 0 Å². The number of amides is 10. The Hall–Kier alpha value is -8.25. The van der Waals surface area contributed by atoms with E-state index >= 15 is 0 Å². The summed E-state index contributed by atoms with van der Waals surface area (Å²) in [6.07, 6.45) is 2.18. The molecule has 1 aliphatic heterocycles. The Kier molecular flexibility index (Phi) is 23.6. The second kappa shape index (κ2) is 29.9. The number of nitrogens with zero attached hydrogens (tertiary/aromatic N) is 1. The number of aromatic amines is 1. The minimum atomic E-state index is -1.43. The summed E-state index contributed by atoms with van der Waals surface area (Å²) in [6.45, 7) is 3.18. The van der Waals surface area contributed by atoms with Gasteiger partial charge in [0.05, 0.1) is 0 Å². The van der Waals surface area contributed by atoms with Crippen molar-refractivity contribution in [3.05, 3.63) is 71.9 Å². The van der Waals surface area contributed by atoms with Gasteiger partial charge in [0.1, 0.15) is 36.3 Å². The summed E-state index contributed by atoms with van der Waals surface area (Å²) < 4.78 is 0. The average Bonchev–Trinajstić information content (AvgIpc) is 3.76. The number of aromatic nitrogens is 1. The number of nitrogens with two attached hydrogens (primary N) is 3. The largest absolute Gasteiger partial charge is 0.370 e. The fourth-order valence-corrected chi connectivity index (χ4v) is 8.20. The van der Waals surface area contributed by atoms with Gasteiger partial charge in [-0.1, -0.05) is 61.9 Å². The number of nitrogens with one attached hydrogen (secondary N) is 12. The summed E-state index contributed by atoms with van der Waals surface area (Å²) in [6, 6.07) is 6.84. The lowest BCUT2D eigenvalue weighted by molar-refractivity contribution is -0.136. The molecule has 6 atom stereocenters. The van der Waals surface area contributed by atoms with Crippen LogP contribution >= 0.6 is 0 Å². The number of primary amides is 1. The van der Waals surface area contributed by atoms with Crippen LogP contribution < -0.4 is 65.1 Å². The van der Waals surface area contributed by atoms with Crippen LogP contribution in [0.2, 0.25) is 0 Å². The monoisotopic (exact) mass is 1030 g/mol. The number of hydrogen-bond acceptors (Lipinski definition) is 11. The first-order valence-corrected chi connectivity index (χ1v) is 24.8. The Morgan fingerprint density at radius 2 is 1.41 bits per heavy atom. The van der Waals surface area contributed by atoms with Gasteiger partial charge in [-0.3, -0.25) is 54.1 Å². The zero-order chi connectivity index (χ0) is 54.2. The number of guanidine groups is 2. The van der Waals surface area contributed by atoms with E-state index in [1.165, 1.54) is 6.92 Å². The van der Waals surface area contributed by atoms with Crippen molar-refractivity contribution in [2.24, 2.45) is 17.2 Å². The highest BCUT2D eigenvalue weighted by molar-refractivity contribution is 6.01. The van der Waals surface area contributed by atoms with E-state index in [0.717, 1.165) is 15.8 Å². The summed E-state index contributed by atoms with van der Waals surface area (Å²) in [5.74, 6) is -6.74. The molecule has 3 unspecified atom stereocenters. The molecule has 1 saturated heterocycles. The maximum Gasteiger partial charge on any atom is 0.324 e. The molecule has 4 rings (SSSR count). The molecule has 1 aromatic heterocycles. The maximum absolute atomic E-state index is 14.7. The fraction of sp³-hybridized carbons (Fsp3) is 0.490. The molecular weight excluding hydrogens is 957 g/mol. The minimum absolute atomic E-state index is 0.0386. The molecule has 402 valence electrons. The van der Waals surface area contributed by atoms with E-state index in [9.17, 15) is 43.2 Å². The Morgan fingerprint density at radius 1 is 0.770 bits per heavy atom. The van der Waals surface area contributed by atoms with E-state index < -0.39 is 89.5 Å². The zero-order valence-electron chi connectivity index (χ0n) is 41.9. The van der Waals surface area contributed by atoms with Gasteiger partial charge in [0.25, 0.3) is 5.91 Å². The van der Waals surface area contributed by atoms with E-state index in [1.54, 1.807) is 42.6 Å². The first-order valence-electron chi connectivity index (χ1n) is 24.8. The van der Waals surface area contributed by atoms with Crippen molar-refractivity contribution >= 4 is 76.1 Å². The van der Waals surface area contributed by atoms with Crippen LogP contribution in [0.4, 0.5) is 4.79 Å². The van der Waals surface area contributed by atoms with Crippen molar-refractivity contribution in [1.29, 1.82) is 10.8 Å². The molecular formula is C49H72N16O9. The van der Waals surface area contributed by atoms with Crippen LogP contribution in [0.15, 0.2) is 60.8 Å². The maximum atomic E-state index is 14.7. The van der Waals surface area contributed by atoms with Gasteiger partial charge in [-0.05, 0) is 68.6 Å². The fourth-order valence-electron chi connectivity index (χ4n) is 8.20. The van der Waals surface area contributed by atoms with Gasteiger partial charge in [0, 0.05) is 69.5 Å². The van der Waals surface area contributed by atoms with Crippen LogP contribution in [0.1, 0.15) is 89.2 Å². The first-order chi connectivity index (χ1) is 35.4. The van der Waals surface area contributed by atoms with Crippen molar-refractivity contribution in [3.63, 3.8) is 0 Å². The molecule has 3 aromatic rings. The van der Waals surface area contributed by atoms with Gasteiger partial charge in [-0.25, -0.2) is 4.79 Å². The lowest BCUT2D eigenvalue weighted by Gasteiger charge is -2.30. The first kappa shape index (κ1) is 58.3. The third-order valence-electron chi connectivity index (χ3n) is 12.1. The van der Waals surface area contributed by atoms with Gasteiger partial charge < -0.3 is 70.0 Å². The number of imide groups is 1. The van der Waals surface area contributed by atoms with E-state index in [4.69, 9.17) is 28.0 Å². The SMILES string of the molecule is CCCCN1C(=O)NC(Cc2ccccc2)C(=O)N[C@@H](CCCNC(=N)N)C(=O)N[C@@H](Cc2c[nH]c3ccccc23)C(=O)NC(C(N)=O)CCC(=O)NCCCC(NC(=O)[C@H](CCCNC(=N)N)NC(C)=O)C1=O. The molecule has 25 nitrogen and oxygen atoms in total. The molecule has 2 aromatic carbocycles. The number of urea groups is 1. The topological polar surface area (TPSA) is 407 Å². The molecule has 0 bridgehead atoms. The van der Waals surface area contributed by atoms with Gasteiger partial charge >= 0.3 is 6.03 Å².